The SMILES string of the molecule is CC1c2ccccc2-c2ccc(F)cc2N1C(=O)c1ccc(-c2ccccc2)cc1-c1ccccc1. The molecule has 1 aliphatic rings. The number of fused-ring (bicyclic) bond motifs is 3. The van der Waals surface area contributed by atoms with Crippen LogP contribution in [0.5, 0.6) is 0 Å². The first kappa shape index (κ1) is 22.0. The lowest BCUT2D eigenvalue weighted by atomic mass is 9.87. The lowest BCUT2D eigenvalue weighted by Gasteiger charge is -2.37. The molecule has 1 aliphatic heterocycles. The molecule has 0 aliphatic carbocycles. The minimum Gasteiger partial charge on any atom is -0.300 e. The molecule has 0 bridgehead atoms. The van der Waals surface area contributed by atoms with Gasteiger partial charge in [-0.15, -0.1) is 0 Å². The van der Waals surface area contributed by atoms with Crippen LogP contribution < -0.4 is 4.90 Å². The molecule has 5 aromatic rings. The van der Waals surface area contributed by atoms with Crippen LogP contribution in [0.2, 0.25) is 0 Å². The Balaban J connectivity index is 1.53. The molecular formula is C33H24FNO. The maximum absolute atomic E-state index is 14.5. The average molecular weight is 470 g/mol. The molecule has 0 radical (unpaired) electrons. The zero-order valence-corrected chi connectivity index (χ0v) is 19.9. The Kier molecular flexibility index (Phi) is 5.46. The van der Waals surface area contributed by atoms with Gasteiger partial charge in [-0.3, -0.25) is 4.79 Å². The number of carbonyl (C=O) groups excluding carboxylic acids is 1. The summed E-state index contributed by atoms with van der Waals surface area (Å²) in [6.07, 6.45) is 0. The zero-order valence-electron chi connectivity index (χ0n) is 19.9. The molecule has 0 spiro atoms. The normalized spacial score (nSPS) is 14.2. The predicted octanol–water partition coefficient (Wildman–Crippen LogP) is 8.55. The number of amides is 1. The highest BCUT2D eigenvalue weighted by Gasteiger charge is 2.34. The summed E-state index contributed by atoms with van der Waals surface area (Å²) >= 11 is 0. The van der Waals surface area contributed by atoms with Crippen LogP contribution in [0.15, 0.2) is 121 Å². The highest BCUT2D eigenvalue weighted by Crippen LogP contribution is 2.46. The molecule has 174 valence electrons. The second kappa shape index (κ2) is 8.94. The first-order chi connectivity index (χ1) is 17.6. The topological polar surface area (TPSA) is 20.3 Å². The third-order valence-corrected chi connectivity index (χ3v) is 6.97. The molecular weight excluding hydrogens is 445 g/mol. The van der Waals surface area contributed by atoms with Crippen molar-refractivity contribution >= 4 is 11.6 Å². The van der Waals surface area contributed by atoms with E-state index in [1.54, 1.807) is 11.0 Å². The summed E-state index contributed by atoms with van der Waals surface area (Å²) in [6, 6.07) is 38.5. The van der Waals surface area contributed by atoms with Crippen molar-refractivity contribution in [2.75, 3.05) is 4.90 Å². The van der Waals surface area contributed by atoms with Crippen molar-refractivity contribution in [3.63, 3.8) is 0 Å². The van der Waals surface area contributed by atoms with Gasteiger partial charge in [0.05, 0.1) is 11.7 Å². The van der Waals surface area contributed by atoms with E-state index in [4.69, 9.17) is 0 Å². The predicted molar refractivity (Wildman–Crippen MR) is 144 cm³/mol. The molecule has 2 nitrogen and oxygen atoms in total. The summed E-state index contributed by atoms with van der Waals surface area (Å²) in [5.74, 6) is -0.511. The Morgan fingerprint density at radius 3 is 2.06 bits per heavy atom. The zero-order chi connectivity index (χ0) is 24.6. The van der Waals surface area contributed by atoms with Crippen LogP contribution in [0.4, 0.5) is 10.1 Å². The summed E-state index contributed by atoms with van der Waals surface area (Å²) in [5.41, 5.74) is 8.06. The van der Waals surface area contributed by atoms with Crippen LogP contribution in [-0.4, -0.2) is 5.91 Å². The van der Waals surface area contributed by atoms with Gasteiger partial charge in [0.2, 0.25) is 0 Å². The highest BCUT2D eigenvalue weighted by atomic mass is 19.1. The van der Waals surface area contributed by atoms with Gasteiger partial charge in [-0.05, 0) is 70.6 Å². The van der Waals surface area contributed by atoms with Gasteiger partial charge in [-0.25, -0.2) is 4.39 Å². The third-order valence-electron chi connectivity index (χ3n) is 6.97. The van der Waals surface area contributed by atoms with Crippen LogP contribution >= 0.6 is 0 Å². The van der Waals surface area contributed by atoms with E-state index in [0.717, 1.165) is 38.9 Å². The summed E-state index contributed by atoms with van der Waals surface area (Å²) in [4.78, 5) is 16.1. The second-order valence-electron chi connectivity index (χ2n) is 9.09. The lowest BCUT2D eigenvalue weighted by Crippen LogP contribution is -2.36. The van der Waals surface area contributed by atoms with Gasteiger partial charge in [0.25, 0.3) is 5.91 Å². The lowest BCUT2D eigenvalue weighted by molar-refractivity contribution is 0.0978. The van der Waals surface area contributed by atoms with Crippen molar-refractivity contribution < 1.29 is 9.18 Å². The highest BCUT2D eigenvalue weighted by molar-refractivity contribution is 6.13. The molecule has 36 heavy (non-hydrogen) atoms. The largest absolute Gasteiger partial charge is 0.300 e. The van der Waals surface area contributed by atoms with E-state index in [1.165, 1.54) is 12.1 Å². The number of benzene rings is 5. The number of rotatable bonds is 3. The van der Waals surface area contributed by atoms with Crippen LogP contribution in [0.3, 0.4) is 0 Å². The van der Waals surface area contributed by atoms with E-state index in [1.807, 2.05) is 91.9 Å². The number of hydrogen-bond donors (Lipinski definition) is 0. The van der Waals surface area contributed by atoms with Crippen molar-refractivity contribution in [3.05, 3.63) is 138 Å². The molecule has 6 rings (SSSR count). The first-order valence-corrected chi connectivity index (χ1v) is 12.1. The molecule has 3 heteroatoms. The van der Waals surface area contributed by atoms with Gasteiger partial charge in [0, 0.05) is 11.1 Å². The molecule has 5 aromatic carbocycles. The molecule has 0 N–H and O–H groups in total. The Morgan fingerprint density at radius 2 is 1.31 bits per heavy atom. The van der Waals surface area contributed by atoms with Crippen molar-refractivity contribution in [2.45, 2.75) is 13.0 Å². The van der Waals surface area contributed by atoms with E-state index >= 15 is 0 Å². The third kappa shape index (κ3) is 3.70. The van der Waals surface area contributed by atoms with E-state index in [9.17, 15) is 9.18 Å². The Bertz CT molecular complexity index is 1580. The van der Waals surface area contributed by atoms with Crippen molar-refractivity contribution in [1.82, 2.24) is 0 Å². The fourth-order valence-corrected chi connectivity index (χ4v) is 5.20. The smallest absolute Gasteiger partial charge is 0.259 e. The molecule has 1 amide bonds. The van der Waals surface area contributed by atoms with Crippen LogP contribution in [0, 0.1) is 5.82 Å². The molecule has 1 atom stereocenters. The molecule has 0 saturated carbocycles. The van der Waals surface area contributed by atoms with Gasteiger partial charge < -0.3 is 4.90 Å². The van der Waals surface area contributed by atoms with E-state index in [0.29, 0.717) is 11.3 Å². The molecule has 0 aromatic heterocycles. The number of carbonyl (C=O) groups is 1. The van der Waals surface area contributed by atoms with Gasteiger partial charge in [-0.2, -0.15) is 0 Å². The van der Waals surface area contributed by atoms with Gasteiger partial charge in [-0.1, -0.05) is 91.0 Å². The summed E-state index contributed by atoms with van der Waals surface area (Å²) in [7, 11) is 0. The van der Waals surface area contributed by atoms with Crippen molar-refractivity contribution in [1.29, 1.82) is 0 Å². The fraction of sp³-hybridized carbons (Fsp3) is 0.0606. The monoisotopic (exact) mass is 469 g/mol. The van der Waals surface area contributed by atoms with Crippen LogP contribution in [-0.2, 0) is 0 Å². The number of nitrogens with zero attached hydrogens (tertiary/aromatic N) is 1. The Hall–Kier alpha value is -4.50. The van der Waals surface area contributed by atoms with E-state index in [-0.39, 0.29) is 17.8 Å². The molecule has 0 fully saturated rings. The minimum atomic E-state index is -0.360. The maximum Gasteiger partial charge on any atom is 0.259 e. The van der Waals surface area contributed by atoms with E-state index < -0.39 is 0 Å². The maximum atomic E-state index is 14.5. The van der Waals surface area contributed by atoms with Crippen LogP contribution in [0.25, 0.3) is 33.4 Å². The van der Waals surface area contributed by atoms with E-state index in [2.05, 4.69) is 18.2 Å². The van der Waals surface area contributed by atoms with Crippen LogP contribution in [0.1, 0.15) is 28.9 Å². The Labute approximate surface area is 210 Å². The minimum absolute atomic E-state index is 0.151. The first-order valence-electron chi connectivity index (χ1n) is 12.1. The molecule has 1 unspecified atom stereocenters. The van der Waals surface area contributed by atoms with Gasteiger partial charge in [0.15, 0.2) is 0 Å². The van der Waals surface area contributed by atoms with Crippen molar-refractivity contribution in [3.8, 4) is 33.4 Å². The van der Waals surface area contributed by atoms with Gasteiger partial charge in [0.1, 0.15) is 5.82 Å². The average Bonchev–Trinajstić information content (AvgIpc) is 2.93. The number of hydrogen-bond acceptors (Lipinski definition) is 1. The molecule has 1 heterocycles. The summed E-state index contributed by atoms with van der Waals surface area (Å²) in [6.45, 7) is 2.01. The van der Waals surface area contributed by atoms with Crippen molar-refractivity contribution in [2.24, 2.45) is 0 Å². The quantitative estimate of drug-likeness (QED) is 0.259. The second-order valence-corrected chi connectivity index (χ2v) is 9.09. The summed E-state index contributed by atoms with van der Waals surface area (Å²) < 4.78 is 14.5. The number of anilines is 1. The summed E-state index contributed by atoms with van der Waals surface area (Å²) in [5, 5.41) is 0. The number of halogens is 1. The Morgan fingerprint density at radius 1 is 0.639 bits per heavy atom. The standard InChI is InChI=1S/C33H24FNO/c1-22-27-14-8-9-15-28(27)29-19-17-26(34)21-32(29)35(22)33(36)30-18-16-25(23-10-4-2-5-11-23)20-31(30)24-12-6-3-7-13-24/h2-22H,1H3. The van der Waals surface area contributed by atoms with Gasteiger partial charge >= 0.3 is 0 Å². The molecule has 0 saturated heterocycles. The fourth-order valence-electron chi connectivity index (χ4n) is 5.20.